The SMILES string of the molecule is CCN(C(=O)[C@@H]1CC(=O)N(c2cc(OC)c(OC)c(OC)c2)C1)[C@@H](C)c1ccc(C#N)cc1. The number of hydrogen-bond donors (Lipinski definition) is 0. The summed E-state index contributed by atoms with van der Waals surface area (Å²) in [5.74, 6) is 0.661. The van der Waals surface area contributed by atoms with E-state index in [4.69, 9.17) is 19.5 Å². The van der Waals surface area contributed by atoms with Crippen molar-refractivity contribution < 1.29 is 23.8 Å². The Kier molecular flexibility index (Phi) is 7.44. The van der Waals surface area contributed by atoms with Crippen LogP contribution >= 0.6 is 0 Å². The number of benzene rings is 2. The Balaban J connectivity index is 1.82. The molecule has 8 nitrogen and oxygen atoms in total. The number of rotatable bonds is 8. The fourth-order valence-corrected chi connectivity index (χ4v) is 4.22. The number of carbonyl (C=O) groups excluding carboxylic acids is 2. The number of amides is 2. The summed E-state index contributed by atoms with van der Waals surface area (Å²) in [6.45, 7) is 4.66. The summed E-state index contributed by atoms with van der Waals surface area (Å²) in [4.78, 5) is 29.7. The average Bonchev–Trinajstić information content (AvgIpc) is 3.24. The van der Waals surface area contributed by atoms with Crippen LogP contribution < -0.4 is 19.1 Å². The molecular weight excluding hydrogens is 422 g/mol. The van der Waals surface area contributed by atoms with Gasteiger partial charge in [-0.15, -0.1) is 0 Å². The lowest BCUT2D eigenvalue weighted by atomic mass is 10.0. The maximum atomic E-state index is 13.4. The van der Waals surface area contributed by atoms with E-state index < -0.39 is 5.92 Å². The summed E-state index contributed by atoms with van der Waals surface area (Å²) in [5.41, 5.74) is 2.10. The molecule has 174 valence electrons. The molecule has 1 saturated heterocycles. The molecule has 1 aliphatic heterocycles. The standard InChI is InChI=1S/C25H29N3O5/c1-6-27(16(2)18-9-7-17(14-26)8-10-18)25(30)19-11-23(29)28(15-19)20-12-21(31-3)24(33-5)22(13-20)32-4/h7-10,12-13,16,19H,6,11,15H2,1-5H3/t16-,19+/m0/s1. The Bertz CT molecular complexity index is 1040. The van der Waals surface area contributed by atoms with Gasteiger partial charge in [0.1, 0.15) is 0 Å². The van der Waals surface area contributed by atoms with Gasteiger partial charge in [0.2, 0.25) is 17.6 Å². The van der Waals surface area contributed by atoms with Gasteiger partial charge >= 0.3 is 0 Å². The lowest BCUT2D eigenvalue weighted by molar-refractivity contribution is -0.137. The van der Waals surface area contributed by atoms with Crippen molar-refractivity contribution in [2.24, 2.45) is 5.92 Å². The molecular formula is C25H29N3O5. The minimum absolute atomic E-state index is 0.0716. The number of ether oxygens (including phenoxy) is 3. The van der Waals surface area contributed by atoms with Gasteiger partial charge in [-0.05, 0) is 31.5 Å². The fourth-order valence-electron chi connectivity index (χ4n) is 4.22. The van der Waals surface area contributed by atoms with E-state index in [9.17, 15) is 9.59 Å². The van der Waals surface area contributed by atoms with E-state index in [0.717, 1.165) is 5.56 Å². The first kappa shape index (κ1) is 23.9. The third kappa shape index (κ3) is 4.72. The lowest BCUT2D eigenvalue weighted by Crippen LogP contribution is -2.39. The maximum Gasteiger partial charge on any atom is 0.228 e. The summed E-state index contributed by atoms with van der Waals surface area (Å²) >= 11 is 0. The van der Waals surface area contributed by atoms with E-state index in [2.05, 4.69) is 6.07 Å². The van der Waals surface area contributed by atoms with Gasteiger partial charge in [0.25, 0.3) is 0 Å². The van der Waals surface area contributed by atoms with Crippen LogP contribution in [0.25, 0.3) is 0 Å². The molecule has 2 amide bonds. The van der Waals surface area contributed by atoms with E-state index >= 15 is 0 Å². The Morgan fingerprint density at radius 3 is 2.24 bits per heavy atom. The second-order valence-electron chi connectivity index (χ2n) is 7.82. The van der Waals surface area contributed by atoms with Crippen LogP contribution in [0.1, 0.15) is 37.4 Å². The van der Waals surface area contributed by atoms with Crippen molar-refractivity contribution in [1.29, 1.82) is 5.26 Å². The molecule has 2 atom stereocenters. The zero-order valence-electron chi connectivity index (χ0n) is 19.6. The van der Waals surface area contributed by atoms with Crippen LogP contribution in [0.3, 0.4) is 0 Å². The summed E-state index contributed by atoms with van der Waals surface area (Å²) in [6.07, 6.45) is 0.131. The molecule has 0 aliphatic carbocycles. The monoisotopic (exact) mass is 451 g/mol. The molecule has 0 spiro atoms. The number of methoxy groups -OCH3 is 3. The van der Waals surface area contributed by atoms with Crippen LogP contribution in [-0.4, -0.2) is 51.1 Å². The number of hydrogen-bond acceptors (Lipinski definition) is 6. The molecule has 33 heavy (non-hydrogen) atoms. The van der Waals surface area contributed by atoms with Crippen LogP contribution in [0.15, 0.2) is 36.4 Å². The zero-order chi connectivity index (χ0) is 24.1. The smallest absolute Gasteiger partial charge is 0.228 e. The van der Waals surface area contributed by atoms with Crippen LogP contribution in [0, 0.1) is 17.2 Å². The molecule has 0 saturated carbocycles. The van der Waals surface area contributed by atoms with E-state index in [-0.39, 0.29) is 30.8 Å². The lowest BCUT2D eigenvalue weighted by Gasteiger charge is -2.30. The first-order valence-electron chi connectivity index (χ1n) is 10.8. The highest BCUT2D eigenvalue weighted by molar-refractivity contribution is 6.00. The highest BCUT2D eigenvalue weighted by atomic mass is 16.5. The zero-order valence-corrected chi connectivity index (χ0v) is 19.6. The van der Waals surface area contributed by atoms with Gasteiger partial charge in [0.15, 0.2) is 11.5 Å². The highest BCUT2D eigenvalue weighted by Crippen LogP contribution is 2.42. The quantitative estimate of drug-likeness (QED) is 0.610. The minimum Gasteiger partial charge on any atom is -0.493 e. The molecule has 0 unspecified atom stereocenters. The van der Waals surface area contributed by atoms with Gasteiger partial charge in [0, 0.05) is 31.6 Å². The van der Waals surface area contributed by atoms with Gasteiger partial charge in [-0.3, -0.25) is 9.59 Å². The largest absolute Gasteiger partial charge is 0.493 e. The molecule has 2 aromatic rings. The molecule has 3 rings (SSSR count). The number of nitriles is 1. The van der Waals surface area contributed by atoms with Crippen LogP contribution in [0.5, 0.6) is 17.2 Å². The molecule has 1 fully saturated rings. The Hall–Kier alpha value is -3.73. The summed E-state index contributed by atoms with van der Waals surface area (Å²) in [6, 6.07) is 12.6. The average molecular weight is 452 g/mol. The van der Waals surface area contributed by atoms with Crippen molar-refractivity contribution >= 4 is 17.5 Å². The van der Waals surface area contributed by atoms with Gasteiger partial charge < -0.3 is 24.0 Å². The van der Waals surface area contributed by atoms with Gasteiger partial charge in [-0.2, -0.15) is 5.26 Å². The Morgan fingerprint density at radius 1 is 1.15 bits per heavy atom. The highest BCUT2D eigenvalue weighted by Gasteiger charge is 2.38. The third-order valence-corrected chi connectivity index (χ3v) is 6.05. The van der Waals surface area contributed by atoms with Crippen molar-refractivity contribution in [3.8, 4) is 23.3 Å². The predicted molar refractivity (Wildman–Crippen MR) is 124 cm³/mol. The van der Waals surface area contributed by atoms with Crippen molar-refractivity contribution in [2.45, 2.75) is 26.3 Å². The third-order valence-electron chi connectivity index (χ3n) is 6.05. The van der Waals surface area contributed by atoms with Gasteiger partial charge in [-0.25, -0.2) is 0 Å². The van der Waals surface area contributed by atoms with Gasteiger partial charge in [0.05, 0.1) is 50.6 Å². The van der Waals surface area contributed by atoms with E-state index in [0.29, 0.717) is 35.0 Å². The van der Waals surface area contributed by atoms with Crippen LogP contribution in [0.4, 0.5) is 5.69 Å². The molecule has 2 aromatic carbocycles. The first-order chi connectivity index (χ1) is 15.9. The van der Waals surface area contributed by atoms with Crippen molar-refractivity contribution in [1.82, 2.24) is 4.90 Å². The first-order valence-corrected chi connectivity index (χ1v) is 10.8. The van der Waals surface area contributed by atoms with Crippen LogP contribution in [-0.2, 0) is 9.59 Å². The molecule has 1 aliphatic rings. The Labute approximate surface area is 194 Å². The Morgan fingerprint density at radius 2 is 1.76 bits per heavy atom. The minimum atomic E-state index is -0.461. The van der Waals surface area contributed by atoms with Gasteiger partial charge in [-0.1, -0.05) is 12.1 Å². The van der Waals surface area contributed by atoms with E-state index in [1.54, 1.807) is 34.1 Å². The molecule has 0 aromatic heterocycles. The fraction of sp³-hybridized carbons (Fsp3) is 0.400. The number of nitrogens with zero attached hydrogens (tertiary/aromatic N) is 3. The van der Waals surface area contributed by atoms with E-state index in [1.807, 2.05) is 26.0 Å². The molecule has 0 bridgehead atoms. The van der Waals surface area contributed by atoms with E-state index in [1.165, 1.54) is 21.3 Å². The molecule has 0 N–H and O–H groups in total. The number of carbonyl (C=O) groups is 2. The molecule has 1 heterocycles. The normalized spacial score (nSPS) is 16.2. The second-order valence-corrected chi connectivity index (χ2v) is 7.82. The van der Waals surface area contributed by atoms with Crippen LogP contribution in [0.2, 0.25) is 0 Å². The molecule has 8 heteroatoms. The molecule has 0 radical (unpaired) electrons. The summed E-state index contributed by atoms with van der Waals surface area (Å²) in [5, 5.41) is 9.02. The summed E-state index contributed by atoms with van der Waals surface area (Å²) < 4.78 is 16.2. The predicted octanol–water partition coefficient (Wildman–Crippen LogP) is 3.55. The number of anilines is 1. The van der Waals surface area contributed by atoms with Crippen molar-refractivity contribution in [3.05, 3.63) is 47.5 Å². The maximum absolute atomic E-state index is 13.4. The van der Waals surface area contributed by atoms with Crippen molar-refractivity contribution in [2.75, 3.05) is 39.3 Å². The summed E-state index contributed by atoms with van der Waals surface area (Å²) in [7, 11) is 4.55. The topological polar surface area (TPSA) is 92.1 Å². The second kappa shape index (κ2) is 10.3. The van der Waals surface area contributed by atoms with Crippen molar-refractivity contribution in [3.63, 3.8) is 0 Å².